The largest absolute Gasteiger partial charge is 0.381 e. The van der Waals surface area contributed by atoms with E-state index in [0.29, 0.717) is 19.0 Å². The first-order chi connectivity index (χ1) is 9.69. The number of anilines is 1. The SMILES string of the molecule is CCCCOCCCNC(=O)c1cc(F)cnc1NC. The quantitative estimate of drug-likeness (QED) is 0.682. The molecule has 1 aromatic rings. The van der Waals surface area contributed by atoms with Gasteiger partial charge < -0.3 is 15.4 Å². The summed E-state index contributed by atoms with van der Waals surface area (Å²) < 4.78 is 18.5. The maximum atomic E-state index is 13.1. The lowest BCUT2D eigenvalue weighted by molar-refractivity contribution is 0.0940. The van der Waals surface area contributed by atoms with Crippen molar-refractivity contribution in [3.63, 3.8) is 0 Å². The molecule has 0 spiro atoms. The van der Waals surface area contributed by atoms with Crippen LogP contribution in [0.5, 0.6) is 0 Å². The summed E-state index contributed by atoms with van der Waals surface area (Å²) in [5, 5.41) is 5.49. The molecule has 6 heteroatoms. The van der Waals surface area contributed by atoms with Gasteiger partial charge in [0, 0.05) is 26.8 Å². The summed E-state index contributed by atoms with van der Waals surface area (Å²) in [6.45, 7) is 3.96. The van der Waals surface area contributed by atoms with E-state index in [9.17, 15) is 9.18 Å². The molecule has 0 aliphatic rings. The van der Waals surface area contributed by atoms with Crippen LogP contribution in [0.1, 0.15) is 36.5 Å². The van der Waals surface area contributed by atoms with Crippen LogP contribution >= 0.6 is 0 Å². The third-order valence-electron chi connectivity index (χ3n) is 2.73. The van der Waals surface area contributed by atoms with Crippen LogP contribution in [0.3, 0.4) is 0 Å². The molecule has 5 nitrogen and oxygen atoms in total. The van der Waals surface area contributed by atoms with E-state index < -0.39 is 5.82 Å². The molecule has 1 heterocycles. The van der Waals surface area contributed by atoms with Gasteiger partial charge in [-0.1, -0.05) is 13.3 Å². The van der Waals surface area contributed by atoms with Crippen molar-refractivity contribution in [1.29, 1.82) is 0 Å². The number of carbonyl (C=O) groups excluding carboxylic acids is 1. The number of hydrogen-bond acceptors (Lipinski definition) is 4. The number of halogens is 1. The molecule has 20 heavy (non-hydrogen) atoms. The van der Waals surface area contributed by atoms with E-state index >= 15 is 0 Å². The number of nitrogens with one attached hydrogen (secondary N) is 2. The van der Waals surface area contributed by atoms with Crippen molar-refractivity contribution in [3.8, 4) is 0 Å². The van der Waals surface area contributed by atoms with Gasteiger partial charge in [0.15, 0.2) is 0 Å². The predicted octanol–water partition coefficient (Wildman–Crippen LogP) is 2.20. The molecule has 0 saturated carbocycles. The van der Waals surface area contributed by atoms with Gasteiger partial charge in [-0.3, -0.25) is 4.79 Å². The van der Waals surface area contributed by atoms with Crippen LogP contribution in [0.4, 0.5) is 10.2 Å². The number of carbonyl (C=O) groups is 1. The molecule has 0 unspecified atom stereocenters. The second kappa shape index (κ2) is 9.25. The van der Waals surface area contributed by atoms with Crippen LogP contribution < -0.4 is 10.6 Å². The van der Waals surface area contributed by atoms with Crippen LogP contribution in [0, 0.1) is 5.82 Å². The van der Waals surface area contributed by atoms with Crippen molar-refractivity contribution in [2.75, 3.05) is 32.1 Å². The average molecular weight is 283 g/mol. The molecule has 1 aromatic heterocycles. The first-order valence-electron chi connectivity index (χ1n) is 6.88. The van der Waals surface area contributed by atoms with Gasteiger partial charge in [0.1, 0.15) is 11.6 Å². The van der Waals surface area contributed by atoms with Gasteiger partial charge in [0.05, 0.1) is 11.8 Å². The van der Waals surface area contributed by atoms with Crippen molar-refractivity contribution in [1.82, 2.24) is 10.3 Å². The first-order valence-corrected chi connectivity index (χ1v) is 6.88. The molecular weight excluding hydrogens is 261 g/mol. The van der Waals surface area contributed by atoms with Gasteiger partial charge in [-0.2, -0.15) is 0 Å². The van der Waals surface area contributed by atoms with Crippen LogP contribution in [0.15, 0.2) is 12.3 Å². The monoisotopic (exact) mass is 283 g/mol. The summed E-state index contributed by atoms with van der Waals surface area (Å²) in [6, 6.07) is 1.17. The van der Waals surface area contributed by atoms with Crippen LogP contribution in [-0.2, 0) is 4.74 Å². The molecular formula is C14H22FN3O2. The number of amides is 1. The second-order valence-electron chi connectivity index (χ2n) is 4.38. The maximum Gasteiger partial charge on any atom is 0.255 e. The summed E-state index contributed by atoms with van der Waals surface area (Å²) in [7, 11) is 1.64. The van der Waals surface area contributed by atoms with Gasteiger partial charge >= 0.3 is 0 Å². The molecule has 1 rings (SSSR count). The van der Waals surface area contributed by atoms with Crippen molar-refractivity contribution in [2.45, 2.75) is 26.2 Å². The highest BCUT2D eigenvalue weighted by atomic mass is 19.1. The van der Waals surface area contributed by atoms with E-state index in [-0.39, 0.29) is 11.5 Å². The standard InChI is InChI=1S/C14H22FN3O2/c1-3-4-7-20-8-5-6-17-14(19)12-9-11(15)10-18-13(12)16-2/h9-10H,3-8H2,1-2H3,(H,16,18)(H,17,19). The zero-order valence-corrected chi connectivity index (χ0v) is 12.0. The summed E-state index contributed by atoms with van der Waals surface area (Å²) in [4.78, 5) is 15.7. The maximum absolute atomic E-state index is 13.1. The number of unbranched alkanes of at least 4 members (excludes halogenated alkanes) is 1. The normalized spacial score (nSPS) is 10.3. The van der Waals surface area contributed by atoms with E-state index in [1.54, 1.807) is 7.05 Å². The van der Waals surface area contributed by atoms with Crippen LogP contribution in [0.2, 0.25) is 0 Å². The summed E-state index contributed by atoms with van der Waals surface area (Å²) in [5.41, 5.74) is 0.208. The molecule has 0 bridgehead atoms. The average Bonchev–Trinajstić information content (AvgIpc) is 2.46. The van der Waals surface area contributed by atoms with Gasteiger partial charge in [0.25, 0.3) is 5.91 Å². The number of aromatic nitrogens is 1. The minimum atomic E-state index is -0.531. The van der Waals surface area contributed by atoms with Crippen LogP contribution in [0.25, 0.3) is 0 Å². The van der Waals surface area contributed by atoms with Gasteiger partial charge in [-0.25, -0.2) is 9.37 Å². The molecule has 1 amide bonds. The van der Waals surface area contributed by atoms with E-state index in [4.69, 9.17) is 4.74 Å². The fourth-order valence-electron chi connectivity index (χ4n) is 1.63. The highest BCUT2D eigenvalue weighted by molar-refractivity contribution is 5.98. The molecule has 0 aliphatic carbocycles. The molecule has 0 radical (unpaired) electrons. The second-order valence-corrected chi connectivity index (χ2v) is 4.38. The number of rotatable bonds is 9. The zero-order valence-electron chi connectivity index (χ0n) is 12.0. The Morgan fingerprint density at radius 3 is 2.85 bits per heavy atom. The van der Waals surface area contributed by atoms with Crippen molar-refractivity contribution in [3.05, 3.63) is 23.6 Å². The minimum Gasteiger partial charge on any atom is -0.381 e. The Balaban J connectivity index is 2.34. The summed E-state index contributed by atoms with van der Waals surface area (Å²) in [6.07, 6.45) is 3.96. The highest BCUT2D eigenvalue weighted by Gasteiger charge is 2.12. The van der Waals surface area contributed by atoms with E-state index in [1.807, 2.05) is 0 Å². The van der Waals surface area contributed by atoms with E-state index in [1.165, 1.54) is 6.07 Å². The van der Waals surface area contributed by atoms with E-state index in [0.717, 1.165) is 32.1 Å². The lowest BCUT2D eigenvalue weighted by atomic mass is 10.2. The zero-order chi connectivity index (χ0) is 14.8. The predicted molar refractivity (Wildman–Crippen MR) is 76.4 cm³/mol. The topological polar surface area (TPSA) is 63.2 Å². The van der Waals surface area contributed by atoms with Crippen molar-refractivity contribution >= 4 is 11.7 Å². The lowest BCUT2D eigenvalue weighted by Crippen LogP contribution is -2.26. The minimum absolute atomic E-state index is 0.208. The molecule has 2 N–H and O–H groups in total. The van der Waals surface area contributed by atoms with Gasteiger partial charge in [-0.15, -0.1) is 0 Å². The fraction of sp³-hybridized carbons (Fsp3) is 0.571. The Kier molecular flexibility index (Phi) is 7.57. The molecule has 0 atom stereocenters. The van der Waals surface area contributed by atoms with Crippen molar-refractivity contribution < 1.29 is 13.9 Å². The number of pyridine rings is 1. The lowest BCUT2D eigenvalue weighted by Gasteiger charge is -2.09. The number of nitrogens with zero attached hydrogens (tertiary/aromatic N) is 1. The summed E-state index contributed by atoms with van der Waals surface area (Å²) >= 11 is 0. The molecule has 0 saturated heterocycles. The number of hydrogen-bond donors (Lipinski definition) is 2. The molecule has 0 aliphatic heterocycles. The third-order valence-corrected chi connectivity index (χ3v) is 2.73. The van der Waals surface area contributed by atoms with Crippen LogP contribution in [-0.4, -0.2) is 37.7 Å². The Morgan fingerprint density at radius 1 is 1.40 bits per heavy atom. The van der Waals surface area contributed by atoms with Crippen molar-refractivity contribution in [2.24, 2.45) is 0 Å². The highest BCUT2D eigenvalue weighted by Crippen LogP contribution is 2.12. The summed E-state index contributed by atoms with van der Waals surface area (Å²) in [5.74, 6) is -0.505. The smallest absolute Gasteiger partial charge is 0.255 e. The van der Waals surface area contributed by atoms with E-state index in [2.05, 4.69) is 22.5 Å². The fourth-order valence-corrected chi connectivity index (χ4v) is 1.63. The molecule has 0 aromatic carbocycles. The Bertz CT molecular complexity index is 427. The molecule has 112 valence electrons. The van der Waals surface area contributed by atoms with Gasteiger partial charge in [0.2, 0.25) is 0 Å². The Labute approximate surface area is 118 Å². The van der Waals surface area contributed by atoms with Gasteiger partial charge in [-0.05, 0) is 18.9 Å². The first kappa shape index (κ1) is 16.4. The Morgan fingerprint density at radius 2 is 2.15 bits per heavy atom. The third kappa shape index (κ3) is 5.52. The molecule has 0 fully saturated rings. The Hall–Kier alpha value is -1.69. The number of ether oxygens (including phenoxy) is 1.